The predicted octanol–water partition coefficient (Wildman–Crippen LogP) is 3.17. The van der Waals surface area contributed by atoms with Crippen molar-refractivity contribution in [3.8, 4) is 5.75 Å². The number of benzene rings is 1. The average Bonchev–Trinajstić information content (AvgIpc) is 2.99. The average molecular weight is 304 g/mol. The van der Waals surface area contributed by atoms with Crippen LogP contribution in [0.1, 0.15) is 48.8 Å². The van der Waals surface area contributed by atoms with Crippen LogP contribution in [0.3, 0.4) is 0 Å². The SMILES string of the molecule is CCCCc1noc(COc2ccc(C(=O)OCC)cc2)n1. The second-order valence-corrected chi connectivity index (χ2v) is 4.74. The highest BCUT2D eigenvalue weighted by Gasteiger charge is 2.08. The zero-order valence-electron chi connectivity index (χ0n) is 12.9. The first-order chi connectivity index (χ1) is 10.7. The van der Waals surface area contributed by atoms with Crippen molar-refractivity contribution in [2.75, 3.05) is 6.61 Å². The summed E-state index contributed by atoms with van der Waals surface area (Å²) in [5.74, 6) is 1.44. The van der Waals surface area contributed by atoms with Crippen LogP contribution in [-0.2, 0) is 17.8 Å². The van der Waals surface area contributed by atoms with E-state index >= 15 is 0 Å². The number of rotatable bonds is 8. The molecule has 0 amide bonds. The van der Waals surface area contributed by atoms with Gasteiger partial charge in [0.2, 0.25) is 0 Å². The van der Waals surface area contributed by atoms with E-state index in [9.17, 15) is 4.79 Å². The summed E-state index contributed by atoms with van der Waals surface area (Å²) in [4.78, 5) is 15.8. The maximum absolute atomic E-state index is 11.5. The first kappa shape index (κ1) is 16.0. The second-order valence-electron chi connectivity index (χ2n) is 4.74. The lowest BCUT2D eigenvalue weighted by molar-refractivity contribution is 0.0526. The highest BCUT2D eigenvalue weighted by atomic mass is 16.5. The van der Waals surface area contributed by atoms with Gasteiger partial charge >= 0.3 is 5.97 Å². The lowest BCUT2D eigenvalue weighted by Crippen LogP contribution is -2.04. The summed E-state index contributed by atoms with van der Waals surface area (Å²) in [6.07, 6.45) is 2.94. The summed E-state index contributed by atoms with van der Waals surface area (Å²) in [7, 11) is 0. The molecule has 118 valence electrons. The van der Waals surface area contributed by atoms with E-state index in [1.54, 1.807) is 31.2 Å². The van der Waals surface area contributed by atoms with Gasteiger partial charge in [0, 0.05) is 6.42 Å². The van der Waals surface area contributed by atoms with Crippen molar-refractivity contribution in [2.24, 2.45) is 0 Å². The van der Waals surface area contributed by atoms with Crippen molar-refractivity contribution in [3.63, 3.8) is 0 Å². The lowest BCUT2D eigenvalue weighted by atomic mass is 10.2. The maximum atomic E-state index is 11.5. The summed E-state index contributed by atoms with van der Waals surface area (Å²) in [5.41, 5.74) is 0.494. The highest BCUT2D eigenvalue weighted by molar-refractivity contribution is 5.89. The molecule has 0 N–H and O–H groups in total. The third-order valence-electron chi connectivity index (χ3n) is 2.99. The maximum Gasteiger partial charge on any atom is 0.338 e. The number of ether oxygens (including phenoxy) is 2. The van der Waals surface area contributed by atoms with Crippen molar-refractivity contribution in [1.29, 1.82) is 0 Å². The van der Waals surface area contributed by atoms with E-state index in [1.807, 2.05) is 0 Å². The van der Waals surface area contributed by atoms with Gasteiger partial charge in [-0.3, -0.25) is 0 Å². The molecule has 2 rings (SSSR count). The van der Waals surface area contributed by atoms with Crippen LogP contribution in [0.15, 0.2) is 28.8 Å². The van der Waals surface area contributed by atoms with Gasteiger partial charge in [0.05, 0.1) is 12.2 Å². The van der Waals surface area contributed by atoms with Gasteiger partial charge < -0.3 is 14.0 Å². The fourth-order valence-electron chi connectivity index (χ4n) is 1.83. The third kappa shape index (κ3) is 4.58. The van der Waals surface area contributed by atoms with E-state index in [0.717, 1.165) is 19.3 Å². The monoisotopic (exact) mass is 304 g/mol. The van der Waals surface area contributed by atoms with Gasteiger partial charge in [0.25, 0.3) is 5.89 Å². The Hall–Kier alpha value is -2.37. The number of hydrogen-bond acceptors (Lipinski definition) is 6. The van der Waals surface area contributed by atoms with E-state index in [4.69, 9.17) is 14.0 Å². The van der Waals surface area contributed by atoms with Crippen molar-refractivity contribution < 1.29 is 18.8 Å². The molecule has 2 aromatic rings. The van der Waals surface area contributed by atoms with E-state index in [0.29, 0.717) is 29.6 Å². The predicted molar refractivity (Wildman–Crippen MR) is 79.6 cm³/mol. The van der Waals surface area contributed by atoms with Crippen LogP contribution >= 0.6 is 0 Å². The number of carbonyl (C=O) groups excluding carboxylic acids is 1. The fraction of sp³-hybridized carbons (Fsp3) is 0.438. The van der Waals surface area contributed by atoms with E-state index in [1.165, 1.54) is 0 Å². The zero-order valence-corrected chi connectivity index (χ0v) is 12.9. The number of hydrogen-bond donors (Lipinski definition) is 0. The molecule has 0 fully saturated rings. The number of aryl methyl sites for hydroxylation is 1. The molecule has 0 saturated heterocycles. The molecule has 0 aliphatic heterocycles. The van der Waals surface area contributed by atoms with Gasteiger partial charge in [-0.05, 0) is 37.6 Å². The van der Waals surface area contributed by atoms with Crippen LogP contribution in [0.25, 0.3) is 0 Å². The Morgan fingerprint density at radius 2 is 2.00 bits per heavy atom. The van der Waals surface area contributed by atoms with Gasteiger partial charge in [0.1, 0.15) is 5.75 Å². The fourth-order valence-corrected chi connectivity index (χ4v) is 1.83. The molecule has 1 aromatic heterocycles. The minimum atomic E-state index is -0.341. The van der Waals surface area contributed by atoms with Crippen LogP contribution in [-0.4, -0.2) is 22.7 Å². The number of aromatic nitrogens is 2. The Bertz CT molecular complexity index is 592. The Labute approximate surface area is 129 Å². The molecule has 1 aromatic carbocycles. The Morgan fingerprint density at radius 1 is 1.23 bits per heavy atom. The molecular formula is C16H20N2O4. The third-order valence-corrected chi connectivity index (χ3v) is 2.99. The molecule has 0 bridgehead atoms. The molecule has 0 unspecified atom stereocenters. The minimum absolute atomic E-state index is 0.206. The smallest absolute Gasteiger partial charge is 0.338 e. The van der Waals surface area contributed by atoms with Gasteiger partial charge in [0.15, 0.2) is 12.4 Å². The zero-order chi connectivity index (χ0) is 15.8. The standard InChI is InChI=1S/C16H20N2O4/c1-3-5-6-14-17-15(22-18-14)11-21-13-9-7-12(8-10-13)16(19)20-4-2/h7-10H,3-6,11H2,1-2H3. The van der Waals surface area contributed by atoms with Gasteiger partial charge in [-0.25, -0.2) is 4.79 Å². The number of unbranched alkanes of at least 4 members (excludes halogenated alkanes) is 1. The minimum Gasteiger partial charge on any atom is -0.484 e. The van der Waals surface area contributed by atoms with E-state index in [-0.39, 0.29) is 12.6 Å². The molecule has 0 aliphatic rings. The second kappa shape index (κ2) is 8.17. The molecule has 0 spiro atoms. The summed E-state index contributed by atoms with van der Waals surface area (Å²) in [6.45, 7) is 4.45. The van der Waals surface area contributed by atoms with Gasteiger partial charge in [-0.1, -0.05) is 18.5 Å². The Morgan fingerprint density at radius 3 is 2.68 bits per heavy atom. The quantitative estimate of drug-likeness (QED) is 0.697. The molecule has 0 saturated carbocycles. The summed E-state index contributed by atoms with van der Waals surface area (Å²) >= 11 is 0. The Balaban J connectivity index is 1.86. The normalized spacial score (nSPS) is 10.5. The first-order valence-electron chi connectivity index (χ1n) is 7.44. The highest BCUT2D eigenvalue weighted by Crippen LogP contribution is 2.14. The van der Waals surface area contributed by atoms with Crippen LogP contribution in [0.4, 0.5) is 0 Å². The van der Waals surface area contributed by atoms with Crippen LogP contribution in [0, 0.1) is 0 Å². The number of esters is 1. The summed E-state index contributed by atoms with van der Waals surface area (Å²) in [5, 5.41) is 3.90. The number of carbonyl (C=O) groups is 1. The molecule has 0 atom stereocenters. The molecule has 0 aliphatic carbocycles. The van der Waals surface area contributed by atoms with Crippen molar-refractivity contribution in [1.82, 2.24) is 10.1 Å². The molecule has 6 nitrogen and oxygen atoms in total. The summed E-state index contributed by atoms with van der Waals surface area (Å²) in [6, 6.07) is 6.74. The molecule has 0 radical (unpaired) electrons. The molecule has 22 heavy (non-hydrogen) atoms. The van der Waals surface area contributed by atoms with E-state index < -0.39 is 0 Å². The lowest BCUT2D eigenvalue weighted by Gasteiger charge is -2.04. The largest absolute Gasteiger partial charge is 0.484 e. The Kier molecular flexibility index (Phi) is 5.94. The van der Waals surface area contributed by atoms with Crippen molar-refractivity contribution in [2.45, 2.75) is 39.7 Å². The summed E-state index contributed by atoms with van der Waals surface area (Å²) < 4.78 is 15.6. The van der Waals surface area contributed by atoms with Crippen molar-refractivity contribution in [3.05, 3.63) is 41.5 Å². The van der Waals surface area contributed by atoms with Crippen LogP contribution < -0.4 is 4.74 Å². The molecular weight excluding hydrogens is 284 g/mol. The van der Waals surface area contributed by atoms with E-state index in [2.05, 4.69) is 17.1 Å². The number of nitrogens with zero attached hydrogens (tertiary/aromatic N) is 2. The van der Waals surface area contributed by atoms with Crippen molar-refractivity contribution >= 4 is 5.97 Å². The van der Waals surface area contributed by atoms with Crippen LogP contribution in [0.2, 0.25) is 0 Å². The molecule has 6 heteroatoms. The van der Waals surface area contributed by atoms with Gasteiger partial charge in [-0.15, -0.1) is 0 Å². The van der Waals surface area contributed by atoms with Crippen LogP contribution in [0.5, 0.6) is 5.75 Å². The molecule has 1 heterocycles. The van der Waals surface area contributed by atoms with Gasteiger partial charge in [-0.2, -0.15) is 4.98 Å². The first-order valence-corrected chi connectivity index (χ1v) is 7.44. The topological polar surface area (TPSA) is 74.5 Å².